The first kappa shape index (κ1) is 8.67. The zero-order chi connectivity index (χ0) is 8.97. The number of hydrogen-bond donors (Lipinski definition) is 1. The van der Waals surface area contributed by atoms with Crippen molar-refractivity contribution in [3.05, 3.63) is 40.8 Å². The van der Waals surface area contributed by atoms with Gasteiger partial charge in [-0.3, -0.25) is 4.79 Å². The van der Waals surface area contributed by atoms with Gasteiger partial charge < -0.3 is 5.73 Å². The predicted molar refractivity (Wildman–Crippen MR) is 46.7 cm³/mol. The van der Waals surface area contributed by atoms with E-state index in [1.807, 2.05) is 0 Å². The van der Waals surface area contributed by atoms with Crippen LogP contribution in [0.1, 0.15) is 0 Å². The molecule has 0 fully saturated rings. The topological polar surface area (TPSA) is 60.9 Å². The van der Waals surface area contributed by atoms with Gasteiger partial charge in [0, 0.05) is 18.8 Å². The van der Waals surface area contributed by atoms with E-state index in [0.717, 1.165) is 5.57 Å². The normalized spacial score (nSPS) is 9.75. The van der Waals surface area contributed by atoms with Crippen LogP contribution in [0.15, 0.2) is 35.3 Å². The van der Waals surface area contributed by atoms with Crippen LogP contribution in [0.3, 0.4) is 0 Å². The predicted octanol–water partition coefficient (Wildman–Crippen LogP) is -0.242. The van der Waals surface area contributed by atoms with Crippen LogP contribution in [0.4, 0.5) is 0 Å². The van der Waals surface area contributed by atoms with Crippen molar-refractivity contribution in [1.29, 1.82) is 0 Å². The van der Waals surface area contributed by atoms with Crippen LogP contribution in [0.5, 0.6) is 0 Å². The Morgan fingerprint density at radius 1 is 1.75 bits per heavy atom. The van der Waals surface area contributed by atoms with Gasteiger partial charge in [0.15, 0.2) is 0 Å². The van der Waals surface area contributed by atoms with Crippen molar-refractivity contribution in [2.75, 3.05) is 6.54 Å². The molecular weight excluding hydrogens is 154 g/mol. The molecule has 0 aliphatic carbocycles. The van der Waals surface area contributed by atoms with E-state index >= 15 is 0 Å². The van der Waals surface area contributed by atoms with Gasteiger partial charge in [-0.05, 0) is 11.6 Å². The number of nitrogens with two attached hydrogens (primary N) is 1. The summed E-state index contributed by atoms with van der Waals surface area (Å²) in [6.07, 6.45) is 1.56. The smallest absolute Gasteiger partial charge is 0.267 e. The quantitative estimate of drug-likeness (QED) is 0.629. The van der Waals surface area contributed by atoms with E-state index < -0.39 is 0 Å². The van der Waals surface area contributed by atoms with E-state index in [1.54, 1.807) is 12.3 Å². The Morgan fingerprint density at radius 2 is 2.50 bits per heavy atom. The second-order valence-electron chi connectivity index (χ2n) is 2.47. The first-order valence-corrected chi connectivity index (χ1v) is 3.63. The molecule has 1 aromatic rings. The van der Waals surface area contributed by atoms with Gasteiger partial charge >= 0.3 is 0 Å². The Morgan fingerprint density at radius 3 is 3.08 bits per heavy atom. The van der Waals surface area contributed by atoms with E-state index in [1.165, 1.54) is 10.7 Å². The van der Waals surface area contributed by atoms with Crippen molar-refractivity contribution in [2.45, 2.75) is 6.54 Å². The van der Waals surface area contributed by atoms with Crippen LogP contribution in [0.25, 0.3) is 0 Å². The molecule has 0 atom stereocenters. The summed E-state index contributed by atoms with van der Waals surface area (Å²) in [5.74, 6) is 0. The molecule has 0 saturated carbocycles. The standard InChI is InChI=1S/C8H11N3O/c1-7(5-9)6-11-8(12)3-2-4-10-11/h2-4H,1,5-6,9H2. The fourth-order valence-corrected chi connectivity index (χ4v) is 0.782. The molecule has 1 rings (SSSR count). The van der Waals surface area contributed by atoms with Crippen molar-refractivity contribution in [3.63, 3.8) is 0 Å². The number of nitrogens with zero attached hydrogens (tertiary/aromatic N) is 2. The Balaban J connectivity index is 2.83. The molecule has 12 heavy (non-hydrogen) atoms. The average molecular weight is 165 g/mol. The minimum absolute atomic E-state index is 0.132. The van der Waals surface area contributed by atoms with E-state index in [9.17, 15) is 4.79 Å². The van der Waals surface area contributed by atoms with Gasteiger partial charge in [-0.15, -0.1) is 0 Å². The van der Waals surface area contributed by atoms with Gasteiger partial charge in [0.05, 0.1) is 6.54 Å². The lowest BCUT2D eigenvalue weighted by atomic mass is 10.3. The van der Waals surface area contributed by atoms with E-state index in [0.29, 0.717) is 13.1 Å². The number of hydrogen-bond acceptors (Lipinski definition) is 3. The third kappa shape index (κ3) is 2.03. The molecule has 0 aliphatic heterocycles. The number of rotatable bonds is 3. The summed E-state index contributed by atoms with van der Waals surface area (Å²) in [6, 6.07) is 3.06. The molecule has 4 heteroatoms. The van der Waals surface area contributed by atoms with E-state index in [2.05, 4.69) is 11.7 Å². The molecule has 0 amide bonds. The molecule has 0 spiro atoms. The highest BCUT2D eigenvalue weighted by Gasteiger charge is 1.96. The van der Waals surface area contributed by atoms with Crippen molar-refractivity contribution < 1.29 is 0 Å². The summed E-state index contributed by atoms with van der Waals surface area (Å²) < 4.78 is 1.33. The van der Waals surface area contributed by atoms with Gasteiger partial charge in [-0.1, -0.05) is 6.58 Å². The molecule has 1 heterocycles. The van der Waals surface area contributed by atoms with Crippen LogP contribution in [-0.4, -0.2) is 16.3 Å². The summed E-state index contributed by atoms with van der Waals surface area (Å²) in [7, 11) is 0. The third-order valence-electron chi connectivity index (χ3n) is 1.45. The molecule has 64 valence electrons. The highest BCUT2D eigenvalue weighted by Crippen LogP contribution is 1.88. The van der Waals surface area contributed by atoms with Gasteiger partial charge in [0.2, 0.25) is 0 Å². The Kier molecular flexibility index (Phi) is 2.76. The summed E-state index contributed by atoms with van der Waals surface area (Å²) in [5.41, 5.74) is 5.98. The van der Waals surface area contributed by atoms with Gasteiger partial charge in [-0.25, -0.2) is 4.68 Å². The van der Waals surface area contributed by atoms with Crippen LogP contribution < -0.4 is 11.3 Å². The highest BCUT2D eigenvalue weighted by molar-refractivity contribution is 4.96. The Bertz CT molecular complexity index is 329. The average Bonchev–Trinajstić information content (AvgIpc) is 2.09. The zero-order valence-corrected chi connectivity index (χ0v) is 6.73. The Hall–Kier alpha value is -1.42. The highest BCUT2D eigenvalue weighted by atomic mass is 16.1. The fraction of sp³-hybridized carbons (Fsp3) is 0.250. The molecule has 1 aromatic heterocycles. The minimum atomic E-state index is -0.132. The molecule has 0 aromatic carbocycles. The lowest BCUT2D eigenvalue weighted by Gasteiger charge is -2.03. The first-order chi connectivity index (χ1) is 5.74. The molecule has 0 aliphatic rings. The van der Waals surface area contributed by atoms with Crippen LogP contribution in [0, 0.1) is 0 Å². The molecule has 0 bridgehead atoms. The Labute approximate surface area is 70.3 Å². The molecule has 0 unspecified atom stereocenters. The minimum Gasteiger partial charge on any atom is -0.327 e. The summed E-state index contributed by atoms with van der Waals surface area (Å²) in [4.78, 5) is 11.1. The molecule has 0 radical (unpaired) electrons. The maximum absolute atomic E-state index is 11.1. The number of aromatic nitrogens is 2. The van der Waals surface area contributed by atoms with Crippen molar-refractivity contribution in [2.24, 2.45) is 5.73 Å². The van der Waals surface area contributed by atoms with Crippen LogP contribution >= 0.6 is 0 Å². The van der Waals surface area contributed by atoms with Gasteiger partial charge in [0.25, 0.3) is 5.56 Å². The third-order valence-corrected chi connectivity index (χ3v) is 1.45. The van der Waals surface area contributed by atoms with Crippen LogP contribution in [-0.2, 0) is 6.54 Å². The molecule has 2 N–H and O–H groups in total. The van der Waals surface area contributed by atoms with Crippen molar-refractivity contribution in [3.8, 4) is 0 Å². The lowest BCUT2D eigenvalue weighted by Crippen LogP contribution is -2.23. The fourth-order valence-electron chi connectivity index (χ4n) is 0.782. The maximum Gasteiger partial charge on any atom is 0.267 e. The second-order valence-corrected chi connectivity index (χ2v) is 2.47. The first-order valence-electron chi connectivity index (χ1n) is 3.63. The van der Waals surface area contributed by atoms with Crippen molar-refractivity contribution in [1.82, 2.24) is 9.78 Å². The SMILES string of the molecule is C=C(CN)Cn1ncccc1=O. The monoisotopic (exact) mass is 165 g/mol. The summed E-state index contributed by atoms with van der Waals surface area (Å²) in [6.45, 7) is 4.46. The molecule has 4 nitrogen and oxygen atoms in total. The lowest BCUT2D eigenvalue weighted by molar-refractivity contribution is 0.626. The summed E-state index contributed by atoms with van der Waals surface area (Å²) in [5, 5.41) is 3.85. The molecule has 0 saturated heterocycles. The maximum atomic E-state index is 11.1. The van der Waals surface area contributed by atoms with Crippen molar-refractivity contribution >= 4 is 0 Å². The molecular formula is C8H11N3O. The van der Waals surface area contributed by atoms with Gasteiger partial charge in [0.1, 0.15) is 0 Å². The largest absolute Gasteiger partial charge is 0.327 e. The summed E-state index contributed by atoms with van der Waals surface area (Å²) >= 11 is 0. The van der Waals surface area contributed by atoms with Gasteiger partial charge in [-0.2, -0.15) is 5.10 Å². The second kappa shape index (κ2) is 3.82. The van der Waals surface area contributed by atoms with E-state index in [4.69, 9.17) is 5.73 Å². The van der Waals surface area contributed by atoms with E-state index in [-0.39, 0.29) is 5.56 Å². The van der Waals surface area contributed by atoms with Crippen LogP contribution in [0.2, 0.25) is 0 Å². The zero-order valence-electron chi connectivity index (χ0n) is 6.73.